The normalized spacial score (nSPS) is 14.7. The van der Waals surface area contributed by atoms with E-state index in [0.29, 0.717) is 12.0 Å². The van der Waals surface area contributed by atoms with Gasteiger partial charge in [0.1, 0.15) is 5.71 Å². The van der Waals surface area contributed by atoms with E-state index in [-0.39, 0.29) is 12.4 Å². The van der Waals surface area contributed by atoms with Gasteiger partial charge in [-0.15, -0.1) is 0 Å². The highest BCUT2D eigenvalue weighted by Crippen LogP contribution is 2.18. The molecule has 0 aliphatic heterocycles. The molecule has 0 aliphatic rings. The summed E-state index contributed by atoms with van der Waals surface area (Å²) in [5.41, 5.74) is 4.49. The van der Waals surface area contributed by atoms with Crippen LogP contribution in [-0.2, 0) is 0 Å². The molecule has 108 valence electrons. The van der Waals surface area contributed by atoms with Crippen LogP contribution in [-0.4, -0.2) is 24.3 Å². The van der Waals surface area contributed by atoms with Gasteiger partial charge in [0.25, 0.3) is 0 Å². The van der Waals surface area contributed by atoms with Gasteiger partial charge < -0.3 is 11.1 Å². The molecule has 0 unspecified atom stereocenters. The minimum absolute atomic E-state index is 0.00193. The third-order valence-corrected chi connectivity index (χ3v) is 2.12. The number of hydrogen-bond donors (Lipinski definition) is 2. The van der Waals surface area contributed by atoms with Crippen molar-refractivity contribution >= 4 is 11.5 Å². The van der Waals surface area contributed by atoms with Crippen LogP contribution in [0.5, 0.6) is 0 Å². The highest BCUT2D eigenvalue weighted by atomic mass is 19.4. The summed E-state index contributed by atoms with van der Waals surface area (Å²) < 4.78 is 49.3. The van der Waals surface area contributed by atoms with Gasteiger partial charge in [-0.25, -0.2) is 4.39 Å². The van der Waals surface area contributed by atoms with Gasteiger partial charge in [-0.2, -0.15) is 13.2 Å². The molecule has 0 aromatic carbocycles. The maximum Gasteiger partial charge on any atom is 0.429 e. The van der Waals surface area contributed by atoms with Gasteiger partial charge in [0.2, 0.25) is 0 Å². The monoisotopic (exact) mass is 279 g/mol. The van der Waals surface area contributed by atoms with Crippen LogP contribution in [0.4, 0.5) is 17.6 Å². The van der Waals surface area contributed by atoms with Crippen molar-refractivity contribution in [1.29, 1.82) is 5.41 Å². The van der Waals surface area contributed by atoms with Crippen molar-refractivity contribution in [2.75, 3.05) is 6.54 Å². The van der Waals surface area contributed by atoms with E-state index in [1.807, 2.05) is 0 Å². The summed E-state index contributed by atoms with van der Waals surface area (Å²) >= 11 is 0. The van der Waals surface area contributed by atoms with E-state index >= 15 is 0 Å². The lowest BCUT2D eigenvalue weighted by Crippen LogP contribution is -2.21. The van der Waals surface area contributed by atoms with Crippen LogP contribution in [0.25, 0.3) is 0 Å². The first-order chi connectivity index (χ1) is 8.68. The first kappa shape index (κ1) is 17.3. The van der Waals surface area contributed by atoms with Crippen LogP contribution in [0, 0.1) is 5.41 Å². The highest BCUT2D eigenvalue weighted by molar-refractivity contribution is 5.94. The molecular formula is C12H17F4N3. The van der Waals surface area contributed by atoms with E-state index < -0.39 is 24.1 Å². The van der Waals surface area contributed by atoms with Crippen molar-refractivity contribution in [3.8, 4) is 0 Å². The molecule has 0 aromatic rings. The molecule has 0 aromatic heterocycles. The number of halogens is 4. The Hall–Kier alpha value is -1.66. The Morgan fingerprint density at radius 3 is 2.37 bits per heavy atom. The standard InChI is InChI=1S/C12H17F4N3/c1-3-4-9(13)11(18)19-7-8(2)5-6-10(17)12(14,15)16/h4-5,17H,3,6-7H2,1-2H3,(H2,18,19)/b8-5+,9-4?,17-10?. The van der Waals surface area contributed by atoms with Crippen molar-refractivity contribution < 1.29 is 17.6 Å². The maximum absolute atomic E-state index is 13.1. The number of rotatable bonds is 6. The van der Waals surface area contributed by atoms with Gasteiger partial charge >= 0.3 is 6.18 Å². The maximum atomic E-state index is 13.1. The van der Waals surface area contributed by atoms with Gasteiger partial charge in [0.15, 0.2) is 11.7 Å². The molecule has 19 heavy (non-hydrogen) atoms. The summed E-state index contributed by atoms with van der Waals surface area (Å²) in [6.45, 7) is 3.28. The molecule has 0 radical (unpaired) electrons. The molecular weight excluding hydrogens is 262 g/mol. The first-order valence-electron chi connectivity index (χ1n) is 5.64. The molecule has 7 heteroatoms. The van der Waals surface area contributed by atoms with Gasteiger partial charge in [-0.05, 0) is 19.4 Å². The van der Waals surface area contributed by atoms with Crippen molar-refractivity contribution in [3.63, 3.8) is 0 Å². The predicted molar refractivity (Wildman–Crippen MR) is 68.1 cm³/mol. The molecule has 0 rings (SSSR count). The molecule has 0 aliphatic carbocycles. The molecule has 3 nitrogen and oxygen atoms in total. The Labute approximate surface area is 109 Å². The van der Waals surface area contributed by atoms with Crippen molar-refractivity contribution in [2.24, 2.45) is 10.7 Å². The number of nitrogens with two attached hydrogens (primary N) is 1. The fourth-order valence-corrected chi connectivity index (χ4v) is 1.03. The van der Waals surface area contributed by atoms with Crippen LogP contribution >= 0.6 is 0 Å². The first-order valence-corrected chi connectivity index (χ1v) is 5.64. The fraction of sp³-hybridized carbons (Fsp3) is 0.500. The average Bonchev–Trinajstić information content (AvgIpc) is 2.31. The van der Waals surface area contributed by atoms with Crippen molar-refractivity contribution in [2.45, 2.75) is 32.9 Å². The molecule has 0 saturated carbocycles. The molecule has 0 saturated heterocycles. The van der Waals surface area contributed by atoms with Gasteiger partial charge in [0.05, 0.1) is 6.54 Å². The van der Waals surface area contributed by atoms with E-state index in [2.05, 4.69) is 4.99 Å². The molecule has 0 amide bonds. The van der Waals surface area contributed by atoms with Gasteiger partial charge in [-0.1, -0.05) is 18.6 Å². The zero-order valence-corrected chi connectivity index (χ0v) is 10.8. The number of nitrogens with one attached hydrogen (secondary N) is 1. The van der Waals surface area contributed by atoms with Crippen LogP contribution < -0.4 is 5.73 Å². The number of aliphatic imine (C=N–C) groups is 1. The second-order valence-electron chi connectivity index (χ2n) is 3.89. The smallest absolute Gasteiger partial charge is 0.382 e. The summed E-state index contributed by atoms with van der Waals surface area (Å²) in [7, 11) is 0. The van der Waals surface area contributed by atoms with Crippen molar-refractivity contribution in [1.82, 2.24) is 0 Å². The zero-order chi connectivity index (χ0) is 15.1. The lowest BCUT2D eigenvalue weighted by atomic mass is 10.2. The van der Waals surface area contributed by atoms with E-state index in [9.17, 15) is 17.6 Å². The Bertz CT molecular complexity index is 406. The summed E-state index contributed by atoms with van der Waals surface area (Å²) in [5.74, 6) is -0.918. The van der Waals surface area contributed by atoms with E-state index in [4.69, 9.17) is 11.1 Å². The fourth-order valence-electron chi connectivity index (χ4n) is 1.03. The number of alkyl halides is 3. The quantitative estimate of drug-likeness (QED) is 0.332. The van der Waals surface area contributed by atoms with Crippen LogP contribution in [0.1, 0.15) is 26.7 Å². The van der Waals surface area contributed by atoms with Gasteiger partial charge in [-0.3, -0.25) is 4.99 Å². The summed E-state index contributed by atoms with van der Waals surface area (Å²) in [5, 5.41) is 6.77. The highest BCUT2D eigenvalue weighted by Gasteiger charge is 2.32. The number of nitrogens with zero attached hydrogens (tertiary/aromatic N) is 1. The van der Waals surface area contributed by atoms with E-state index in [1.54, 1.807) is 13.8 Å². The van der Waals surface area contributed by atoms with Crippen LogP contribution in [0.15, 0.2) is 28.5 Å². The average molecular weight is 279 g/mol. The van der Waals surface area contributed by atoms with E-state index in [1.165, 1.54) is 12.2 Å². The van der Waals surface area contributed by atoms with Crippen molar-refractivity contribution in [3.05, 3.63) is 23.6 Å². The van der Waals surface area contributed by atoms with E-state index in [0.717, 1.165) is 0 Å². The zero-order valence-electron chi connectivity index (χ0n) is 10.8. The van der Waals surface area contributed by atoms with Crippen LogP contribution in [0.3, 0.4) is 0 Å². The molecule has 0 atom stereocenters. The summed E-state index contributed by atoms with van der Waals surface area (Å²) in [4.78, 5) is 3.71. The number of allylic oxidation sites excluding steroid dienone is 2. The predicted octanol–water partition coefficient (Wildman–Crippen LogP) is 3.53. The summed E-state index contributed by atoms with van der Waals surface area (Å²) in [6, 6.07) is 0. The third-order valence-electron chi connectivity index (χ3n) is 2.12. The second kappa shape index (κ2) is 7.70. The Balaban J connectivity index is 4.47. The topological polar surface area (TPSA) is 62.2 Å². The molecule has 3 N–H and O–H groups in total. The SMILES string of the molecule is CCC=C(F)C(N)=NC/C(C)=C/CC(=N)C(F)(F)F. The third kappa shape index (κ3) is 7.38. The minimum Gasteiger partial charge on any atom is -0.382 e. The summed E-state index contributed by atoms with van der Waals surface area (Å²) in [6.07, 6.45) is -2.18. The molecule has 0 bridgehead atoms. The minimum atomic E-state index is -4.62. The lowest BCUT2D eigenvalue weighted by Gasteiger charge is -2.05. The molecule has 0 fully saturated rings. The largest absolute Gasteiger partial charge is 0.429 e. The number of amidine groups is 1. The second-order valence-corrected chi connectivity index (χ2v) is 3.89. The molecule has 0 heterocycles. The lowest BCUT2D eigenvalue weighted by molar-refractivity contribution is -0.0607. The Morgan fingerprint density at radius 2 is 1.89 bits per heavy atom. The molecule has 0 spiro atoms. The Kier molecular flexibility index (Phi) is 7.03. The van der Waals surface area contributed by atoms with Crippen LogP contribution in [0.2, 0.25) is 0 Å². The number of hydrogen-bond acceptors (Lipinski definition) is 2. The van der Waals surface area contributed by atoms with Gasteiger partial charge in [0, 0.05) is 6.42 Å². The Morgan fingerprint density at radius 1 is 1.32 bits per heavy atom.